The van der Waals surface area contributed by atoms with Gasteiger partial charge in [-0.25, -0.2) is 0 Å². The molecular formula is C15H19N3O. The summed E-state index contributed by atoms with van der Waals surface area (Å²) >= 11 is 0. The number of fused-ring (bicyclic) bond motifs is 1. The highest BCUT2D eigenvalue weighted by molar-refractivity contribution is 5.55. The van der Waals surface area contributed by atoms with Crippen LogP contribution in [0, 0.1) is 13.8 Å². The predicted octanol–water partition coefficient (Wildman–Crippen LogP) is 2.40. The highest BCUT2D eigenvalue weighted by Gasteiger charge is 2.18. The van der Waals surface area contributed by atoms with Gasteiger partial charge in [0.05, 0.1) is 5.69 Å². The van der Waals surface area contributed by atoms with Gasteiger partial charge in [0.1, 0.15) is 5.76 Å². The minimum atomic E-state index is 0.861. The average molecular weight is 257 g/mol. The molecular weight excluding hydrogens is 238 g/mol. The number of benzene rings is 1. The standard InChI is InChI=1S/C15H19N3O/c1-11-14(12(2)19-17-11)10-18-8-7-16-9-13-5-3-4-6-15(13)18/h3-6,16H,7-10H2,1-2H3. The molecule has 1 aliphatic heterocycles. The number of nitrogens with zero attached hydrogens (tertiary/aromatic N) is 2. The van der Waals surface area contributed by atoms with Crippen LogP contribution in [0.4, 0.5) is 5.69 Å². The van der Waals surface area contributed by atoms with Gasteiger partial charge in [-0.2, -0.15) is 0 Å². The molecule has 0 unspecified atom stereocenters. The number of hydrogen-bond acceptors (Lipinski definition) is 4. The molecule has 0 fully saturated rings. The van der Waals surface area contributed by atoms with E-state index in [0.717, 1.165) is 37.6 Å². The third kappa shape index (κ3) is 2.36. The lowest BCUT2D eigenvalue weighted by Crippen LogP contribution is -2.28. The molecule has 2 aromatic rings. The van der Waals surface area contributed by atoms with Crippen LogP contribution in [0.25, 0.3) is 0 Å². The Hall–Kier alpha value is -1.81. The van der Waals surface area contributed by atoms with Crippen LogP contribution >= 0.6 is 0 Å². The smallest absolute Gasteiger partial charge is 0.138 e. The van der Waals surface area contributed by atoms with Crippen molar-refractivity contribution < 1.29 is 4.52 Å². The Labute approximate surface area is 113 Å². The first-order valence-corrected chi connectivity index (χ1v) is 6.71. The number of para-hydroxylation sites is 1. The van der Waals surface area contributed by atoms with Gasteiger partial charge in [0, 0.05) is 37.4 Å². The van der Waals surface area contributed by atoms with E-state index in [-0.39, 0.29) is 0 Å². The van der Waals surface area contributed by atoms with E-state index in [1.54, 1.807) is 0 Å². The van der Waals surface area contributed by atoms with E-state index in [2.05, 4.69) is 39.6 Å². The molecule has 0 amide bonds. The monoisotopic (exact) mass is 257 g/mol. The summed E-state index contributed by atoms with van der Waals surface area (Å²) < 4.78 is 5.26. The highest BCUT2D eigenvalue weighted by Crippen LogP contribution is 2.25. The van der Waals surface area contributed by atoms with Crippen LogP contribution < -0.4 is 10.2 Å². The summed E-state index contributed by atoms with van der Waals surface area (Å²) in [6, 6.07) is 8.58. The van der Waals surface area contributed by atoms with E-state index >= 15 is 0 Å². The van der Waals surface area contributed by atoms with Crippen molar-refractivity contribution in [3.05, 3.63) is 46.8 Å². The van der Waals surface area contributed by atoms with Gasteiger partial charge in [-0.05, 0) is 25.5 Å². The molecule has 3 rings (SSSR count). The molecule has 0 saturated heterocycles. The Kier molecular flexibility index (Phi) is 3.25. The van der Waals surface area contributed by atoms with Crippen molar-refractivity contribution in [3.8, 4) is 0 Å². The van der Waals surface area contributed by atoms with Crippen molar-refractivity contribution in [2.75, 3.05) is 18.0 Å². The molecule has 1 N–H and O–H groups in total. The van der Waals surface area contributed by atoms with E-state index in [1.165, 1.54) is 16.8 Å². The van der Waals surface area contributed by atoms with Crippen molar-refractivity contribution in [2.45, 2.75) is 26.9 Å². The largest absolute Gasteiger partial charge is 0.365 e. The molecule has 19 heavy (non-hydrogen) atoms. The quantitative estimate of drug-likeness (QED) is 0.897. The lowest BCUT2D eigenvalue weighted by atomic mass is 10.1. The first-order chi connectivity index (χ1) is 9.25. The number of hydrogen-bond donors (Lipinski definition) is 1. The fraction of sp³-hybridized carbons (Fsp3) is 0.400. The maximum absolute atomic E-state index is 5.26. The van der Waals surface area contributed by atoms with E-state index in [0.29, 0.717) is 0 Å². The second kappa shape index (κ2) is 5.05. The summed E-state index contributed by atoms with van der Waals surface area (Å²) in [5.41, 5.74) is 4.86. The van der Waals surface area contributed by atoms with E-state index < -0.39 is 0 Å². The number of aryl methyl sites for hydroxylation is 2. The van der Waals surface area contributed by atoms with Crippen molar-refractivity contribution in [1.82, 2.24) is 10.5 Å². The molecule has 4 nitrogen and oxygen atoms in total. The highest BCUT2D eigenvalue weighted by atomic mass is 16.5. The summed E-state index contributed by atoms with van der Waals surface area (Å²) in [5.74, 6) is 0.923. The van der Waals surface area contributed by atoms with Crippen molar-refractivity contribution in [1.29, 1.82) is 0 Å². The molecule has 100 valence electrons. The van der Waals surface area contributed by atoms with Crippen LogP contribution in [-0.2, 0) is 13.1 Å². The van der Waals surface area contributed by atoms with Gasteiger partial charge in [-0.1, -0.05) is 23.4 Å². The second-order valence-electron chi connectivity index (χ2n) is 5.03. The molecule has 0 aliphatic carbocycles. The molecule has 0 spiro atoms. The number of anilines is 1. The van der Waals surface area contributed by atoms with Gasteiger partial charge in [0.15, 0.2) is 0 Å². The van der Waals surface area contributed by atoms with Crippen LogP contribution in [0.15, 0.2) is 28.8 Å². The summed E-state index contributed by atoms with van der Waals surface area (Å²) in [7, 11) is 0. The maximum atomic E-state index is 5.26. The number of nitrogens with one attached hydrogen (secondary N) is 1. The van der Waals surface area contributed by atoms with Gasteiger partial charge >= 0.3 is 0 Å². The fourth-order valence-electron chi connectivity index (χ4n) is 2.61. The Balaban J connectivity index is 1.93. The van der Waals surface area contributed by atoms with Gasteiger partial charge in [0.25, 0.3) is 0 Å². The summed E-state index contributed by atoms with van der Waals surface area (Å²) in [4.78, 5) is 2.40. The third-order valence-electron chi connectivity index (χ3n) is 3.74. The zero-order valence-electron chi connectivity index (χ0n) is 11.4. The SMILES string of the molecule is Cc1noc(C)c1CN1CCNCc2ccccc21. The van der Waals surface area contributed by atoms with Crippen LogP contribution in [0.2, 0.25) is 0 Å². The average Bonchev–Trinajstić information content (AvgIpc) is 2.65. The second-order valence-corrected chi connectivity index (χ2v) is 5.03. The first kappa shape index (κ1) is 12.2. The van der Waals surface area contributed by atoms with Crippen molar-refractivity contribution >= 4 is 5.69 Å². The van der Waals surface area contributed by atoms with Gasteiger partial charge in [-0.3, -0.25) is 0 Å². The van der Waals surface area contributed by atoms with Crippen molar-refractivity contribution in [2.24, 2.45) is 0 Å². The van der Waals surface area contributed by atoms with Gasteiger partial charge in [0.2, 0.25) is 0 Å². The zero-order valence-corrected chi connectivity index (χ0v) is 11.4. The van der Waals surface area contributed by atoms with Crippen LogP contribution in [0.3, 0.4) is 0 Å². The molecule has 1 aliphatic rings. The summed E-state index contributed by atoms with van der Waals surface area (Å²) in [6.07, 6.45) is 0. The molecule has 2 heterocycles. The topological polar surface area (TPSA) is 41.3 Å². The predicted molar refractivity (Wildman–Crippen MR) is 75.2 cm³/mol. The normalized spacial score (nSPS) is 15.2. The molecule has 0 atom stereocenters. The molecule has 0 radical (unpaired) electrons. The number of rotatable bonds is 2. The molecule has 4 heteroatoms. The Morgan fingerprint density at radius 1 is 1.32 bits per heavy atom. The Morgan fingerprint density at radius 3 is 2.95 bits per heavy atom. The van der Waals surface area contributed by atoms with E-state index in [4.69, 9.17) is 4.52 Å². The Bertz CT molecular complexity index is 557. The summed E-state index contributed by atoms with van der Waals surface area (Å²) in [5, 5.41) is 7.51. The van der Waals surface area contributed by atoms with E-state index in [1.807, 2.05) is 13.8 Å². The van der Waals surface area contributed by atoms with Crippen LogP contribution in [0.1, 0.15) is 22.6 Å². The van der Waals surface area contributed by atoms with E-state index in [9.17, 15) is 0 Å². The number of aromatic nitrogens is 1. The minimum absolute atomic E-state index is 0.861. The molecule has 0 saturated carbocycles. The molecule has 1 aromatic heterocycles. The maximum Gasteiger partial charge on any atom is 0.138 e. The molecule has 1 aromatic carbocycles. The zero-order chi connectivity index (χ0) is 13.2. The summed E-state index contributed by atoms with van der Waals surface area (Å²) in [6.45, 7) is 7.79. The fourth-order valence-corrected chi connectivity index (χ4v) is 2.61. The van der Waals surface area contributed by atoms with Gasteiger partial charge in [-0.15, -0.1) is 0 Å². The van der Waals surface area contributed by atoms with Crippen LogP contribution in [-0.4, -0.2) is 18.2 Å². The lowest BCUT2D eigenvalue weighted by Gasteiger charge is -2.24. The Morgan fingerprint density at radius 2 is 2.16 bits per heavy atom. The minimum Gasteiger partial charge on any atom is -0.365 e. The van der Waals surface area contributed by atoms with Crippen molar-refractivity contribution in [3.63, 3.8) is 0 Å². The third-order valence-corrected chi connectivity index (χ3v) is 3.74. The molecule has 0 bridgehead atoms. The lowest BCUT2D eigenvalue weighted by molar-refractivity contribution is 0.392. The first-order valence-electron chi connectivity index (χ1n) is 6.71. The van der Waals surface area contributed by atoms with Gasteiger partial charge < -0.3 is 14.7 Å². The van der Waals surface area contributed by atoms with Crippen LogP contribution in [0.5, 0.6) is 0 Å².